The molecule has 602 valence electrons. The number of benzene rings is 6. The molecular formula is C84H104N6O20S2. The Morgan fingerprint density at radius 2 is 0.723 bits per heavy atom. The van der Waals surface area contributed by atoms with Crippen LogP contribution in [-0.4, -0.2) is 160 Å². The van der Waals surface area contributed by atoms with E-state index in [4.69, 9.17) is 55.7 Å². The van der Waals surface area contributed by atoms with Crippen LogP contribution in [0.2, 0.25) is 0 Å². The lowest BCUT2D eigenvalue weighted by atomic mass is 9.89. The van der Waals surface area contributed by atoms with Gasteiger partial charge >= 0.3 is 23.9 Å². The minimum Gasteiger partial charge on any atom is -0.454 e. The van der Waals surface area contributed by atoms with Gasteiger partial charge in [-0.1, -0.05) is 204 Å². The molecule has 2 unspecified atom stereocenters. The maximum absolute atomic E-state index is 14.7. The number of ether oxygens (including phenoxy) is 10. The van der Waals surface area contributed by atoms with E-state index in [1.165, 1.54) is 0 Å². The first kappa shape index (κ1) is 85.5. The van der Waals surface area contributed by atoms with Gasteiger partial charge in [0.2, 0.25) is 0 Å². The van der Waals surface area contributed by atoms with Gasteiger partial charge in [0.25, 0.3) is 20.2 Å². The van der Waals surface area contributed by atoms with Crippen molar-refractivity contribution in [2.24, 2.45) is 11.8 Å². The molecule has 2 aromatic heterocycles. The van der Waals surface area contributed by atoms with E-state index in [2.05, 4.69) is 34.5 Å². The highest BCUT2D eigenvalue weighted by Gasteiger charge is 2.52. The first-order valence-electron chi connectivity index (χ1n) is 38.1. The second-order valence-electron chi connectivity index (χ2n) is 30.0. The van der Waals surface area contributed by atoms with Gasteiger partial charge in [0, 0.05) is 11.8 Å². The van der Waals surface area contributed by atoms with E-state index in [0.717, 1.165) is 11.1 Å². The van der Waals surface area contributed by atoms with E-state index in [0.29, 0.717) is 40.2 Å². The Kier molecular flexibility index (Phi) is 29.9. The third-order valence-corrected chi connectivity index (χ3v) is 22.5. The number of nitrogens with zero attached hydrogens (tertiary/aromatic N) is 6. The lowest BCUT2D eigenvalue weighted by molar-refractivity contribution is -0.288. The van der Waals surface area contributed by atoms with Gasteiger partial charge < -0.3 is 47.4 Å². The number of carbonyl (C=O) groups is 4. The number of carbonyl (C=O) groups excluding carboxylic acids is 4. The number of esters is 4. The smallest absolute Gasteiger partial charge is 0.338 e. The van der Waals surface area contributed by atoms with Gasteiger partial charge in [-0.25, -0.2) is 28.5 Å². The van der Waals surface area contributed by atoms with Crippen molar-refractivity contribution in [1.82, 2.24) is 30.0 Å². The van der Waals surface area contributed by atoms with Crippen molar-refractivity contribution in [2.45, 2.75) is 218 Å². The fourth-order valence-electron chi connectivity index (χ4n) is 13.2. The fraction of sp³-hybridized carbons (Fsp3) is 0.476. The molecule has 8 aromatic rings. The van der Waals surface area contributed by atoms with E-state index >= 15 is 0 Å². The van der Waals surface area contributed by atoms with Crippen molar-refractivity contribution in [2.75, 3.05) is 39.6 Å². The summed E-state index contributed by atoms with van der Waals surface area (Å²) in [5, 5.41) is 17.1. The predicted molar refractivity (Wildman–Crippen MR) is 413 cm³/mol. The molecule has 0 aliphatic carbocycles. The summed E-state index contributed by atoms with van der Waals surface area (Å²) in [6.45, 7) is 27.0. The van der Waals surface area contributed by atoms with Gasteiger partial charge in [-0.2, -0.15) is 16.8 Å². The number of hydrogen-bond acceptors (Lipinski definition) is 24. The maximum Gasteiger partial charge on any atom is 0.338 e. The van der Waals surface area contributed by atoms with Gasteiger partial charge in [0.05, 0.1) is 107 Å². The van der Waals surface area contributed by atoms with Crippen LogP contribution in [0.3, 0.4) is 0 Å². The van der Waals surface area contributed by atoms with Gasteiger partial charge in [-0.15, -0.1) is 10.2 Å². The first-order valence-corrected chi connectivity index (χ1v) is 41.0. The molecule has 112 heavy (non-hydrogen) atoms. The molecule has 4 heterocycles. The Labute approximate surface area is 656 Å². The third-order valence-electron chi connectivity index (χ3n) is 19.7. The van der Waals surface area contributed by atoms with E-state index in [1.807, 2.05) is 93.5 Å². The molecule has 26 nitrogen and oxygen atoms in total. The molecule has 2 aliphatic heterocycles. The van der Waals surface area contributed by atoms with Crippen LogP contribution in [0, 0.1) is 11.8 Å². The van der Waals surface area contributed by atoms with E-state index in [-0.39, 0.29) is 114 Å². The van der Waals surface area contributed by atoms with Gasteiger partial charge in [0.1, 0.15) is 39.5 Å². The van der Waals surface area contributed by atoms with E-state index < -0.39 is 118 Å². The highest BCUT2D eigenvalue weighted by molar-refractivity contribution is 7.87. The molecular weight excluding hydrogens is 1480 g/mol. The van der Waals surface area contributed by atoms with Crippen molar-refractivity contribution in [3.63, 3.8) is 0 Å². The molecule has 0 bridgehead atoms. The lowest BCUT2D eigenvalue weighted by Crippen LogP contribution is -2.58. The molecule has 0 radical (unpaired) electrons. The van der Waals surface area contributed by atoms with Crippen molar-refractivity contribution in [3.05, 3.63) is 225 Å². The van der Waals surface area contributed by atoms with Crippen molar-refractivity contribution in [1.29, 1.82) is 0 Å². The Hall–Kier alpha value is -8.94. The quantitative estimate of drug-likeness (QED) is 0.0151. The molecule has 10 rings (SSSR count). The highest BCUT2D eigenvalue weighted by Crippen LogP contribution is 2.41. The van der Waals surface area contributed by atoms with Gasteiger partial charge in [0.15, 0.2) is 24.8 Å². The van der Waals surface area contributed by atoms with Crippen molar-refractivity contribution >= 4 is 44.1 Å². The Morgan fingerprint density at radius 1 is 0.402 bits per heavy atom. The second kappa shape index (κ2) is 39.2. The topological polar surface area (TPSA) is 309 Å². The van der Waals surface area contributed by atoms with Crippen LogP contribution in [0.4, 0.5) is 0 Å². The van der Waals surface area contributed by atoms with Crippen LogP contribution < -0.4 is 0 Å². The molecule has 0 amide bonds. The summed E-state index contributed by atoms with van der Waals surface area (Å²) in [7, 11) is -8.99. The zero-order chi connectivity index (χ0) is 80.6. The van der Waals surface area contributed by atoms with Gasteiger partial charge in [-0.05, 0) is 117 Å². The van der Waals surface area contributed by atoms with Gasteiger partial charge in [-0.3, -0.25) is 8.37 Å². The summed E-state index contributed by atoms with van der Waals surface area (Å²) in [6, 6.07) is 40.7. The summed E-state index contributed by atoms with van der Waals surface area (Å²) in [4.78, 5) is 56.0. The largest absolute Gasteiger partial charge is 0.454 e. The zero-order valence-corrected chi connectivity index (χ0v) is 67.6. The summed E-state index contributed by atoms with van der Waals surface area (Å²) in [6.07, 6.45) is -7.11. The van der Waals surface area contributed by atoms with Crippen LogP contribution in [0.5, 0.6) is 0 Å². The van der Waals surface area contributed by atoms with Crippen LogP contribution in [0.25, 0.3) is 0 Å². The Bertz CT molecular complexity index is 4600. The molecule has 6 aromatic carbocycles. The fourth-order valence-corrected chi connectivity index (χ4v) is 16.4. The summed E-state index contributed by atoms with van der Waals surface area (Å²) in [5.41, 5.74) is 6.04. The van der Waals surface area contributed by atoms with Crippen molar-refractivity contribution in [3.8, 4) is 0 Å². The van der Waals surface area contributed by atoms with E-state index in [9.17, 15) is 36.0 Å². The average Bonchev–Trinajstić information content (AvgIpc) is 0.804. The molecule has 0 spiro atoms. The molecule has 2 saturated heterocycles. The Morgan fingerprint density at radius 3 is 1.08 bits per heavy atom. The van der Waals surface area contributed by atoms with Crippen LogP contribution in [0.15, 0.2) is 168 Å². The molecule has 2 aliphatic rings. The maximum atomic E-state index is 14.7. The third kappa shape index (κ3) is 22.1. The molecule has 10 atom stereocenters. The SMILES string of the molecule is CC(C)c1cc(C(C)C)c(S(=O)(=O)OC[C@H]2O[C@@H](OCc3cn(CCOCCOCCn4cc(CO[C@@H]5O[C@H](COS(=O)(=O)c6c(C(C)C)cc(C(C)C)cc6C(C)C)C(C)[C@H](OC(=O)c6ccccc6)[C@@H]5OC(=O)c5ccccc5)nn4)nn3)[C@@H](C)[C@@H](OC(=O)c3ccccc3)C2OC(=O)c2ccccc2)c(C(C)C)c1. The zero-order valence-electron chi connectivity index (χ0n) is 66.0. The lowest BCUT2D eigenvalue weighted by Gasteiger charge is -2.44. The molecule has 0 saturated carbocycles. The summed E-state index contributed by atoms with van der Waals surface area (Å²) in [5.74, 6) is -5.13. The average molecular weight is 1580 g/mol. The molecule has 28 heteroatoms. The standard InChI is InChI=1S/C84H104N6O20S2/c1-51(2)63-41-67(53(5)6)77(68(42-63)54(7)8)111(95,96)103-49-71-57(13)73(107-79(91)59-27-19-15-20-28-59)76(110-82(94)62-33-25-18-26-34-62)84(105-71)102-48-66-46-90(88-86-66)36-38-100-40-39-99-37-35-89-45-65(85-87-89)47-101-83-58(14)74(108-80(92)60-29-21-16-22-30-60)75(109-81(93)61-31-23-17-24-32-61)72(106-83)50-104-112(97,98)78-69(55(9)10)43-64(52(3)4)44-70(78)56(11)12/h15-34,41-46,51-58,71-76,83-84H,35-40,47-50H2,1-14H3/t57?,58-,71+,72+,73-,74+,75?,76-,83+,84+/m0/s1. The van der Waals surface area contributed by atoms with Crippen molar-refractivity contribution < 1.29 is 91.7 Å². The number of rotatable bonds is 37. The normalized spacial score (nSPS) is 20.2. The predicted octanol–water partition coefficient (Wildman–Crippen LogP) is 13.8. The first-order chi connectivity index (χ1) is 53.5. The second-order valence-corrected chi connectivity index (χ2v) is 33.1. The molecule has 0 N–H and O–H groups in total. The monoisotopic (exact) mass is 1580 g/mol. The number of hydrogen-bond donors (Lipinski definition) is 0. The summed E-state index contributed by atoms with van der Waals surface area (Å²) < 4.78 is 136. The Balaban J connectivity index is 0.757. The summed E-state index contributed by atoms with van der Waals surface area (Å²) >= 11 is 0. The molecule has 2 fully saturated rings. The minimum atomic E-state index is -4.54. The van der Waals surface area contributed by atoms with E-state index in [1.54, 1.807) is 157 Å². The minimum absolute atomic E-state index is 0.0579. The highest BCUT2D eigenvalue weighted by atomic mass is 32.2. The van der Waals surface area contributed by atoms with Crippen LogP contribution in [0.1, 0.15) is 219 Å². The van der Waals surface area contributed by atoms with Crippen LogP contribution >= 0.6 is 0 Å². The van der Waals surface area contributed by atoms with Crippen LogP contribution in [-0.2, 0) is 102 Å². The number of aromatic nitrogens is 6.